The van der Waals surface area contributed by atoms with Gasteiger partial charge in [0.1, 0.15) is 0 Å². The van der Waals surface area contributed by atoms with Gasteiger partial charge in [-0.1, -0.05) is 6.07 Å². The lowest BCUT2D eigenvalue weighted by Gasteiger charge is -2.23. The molecular formula is C17H19N3O. The third kappa shape index (κ3) is 2.89. The zero-order valence-electron chi connectivity index (χ0n) is 12.2. The van der Waals surface area contributed by atoms with Crippen LogP contribution in [-0.4, -0.2) is 10.9 Å². The van der Waals surface area contributed by atoms with E-state index in [1.54, 1.807) is 0 Å². The first kappa shape index (κ1) is 13.6. The van der Waals surface area contributed by atoms with Crippen molar-refractivity contribution in [3.8, 4) is 0 Å². The number of amides is 1. The summed E-state index contributed by atoms with van der Waals surface area (Å²) in [6.07, 6.45) is 2.33. The Morgan fingerprint density at radius 3 is 2.90 bits per heavy atom. The van der Waals surface area contributed by atoms with Crippen molar-refractivity contribution in [1.29, 1.82) is 0 Å². The van der Waals surface area contributed by atoms with Gasteiger partial charge in [0.05, 0.1) is 12.2 Å². The van der Waals surface area contributed by atoms with Crippen LogP contribution in [0.3, 0.4) is 0 Å². The van der Waals surface area contributed by atoms with Crippen molar-refractivity contribution < 1.29 is 4.79 Å². The molecule has 0 saturated heterocycles. The molecule has 1 aliphatic heterocycles. The van der Waals surface area contributed by atoms with E-state index in [1.165, 1.54) is 0 Å². The fourth-order valence-corrected chi connectivity index (χ4v) is 2.79. The number of anilines is 2. The van der Waals surface area contributed by atoms with E-state index in [0.717, 1.165) is 41.2 Å². The van der Waals surface area contributed by atoms with Crippen LogP contribution in [0.5, 0.6) is 0 Å². The summed E-state index contributed by atoms with van der Waals surface area (Å²) in [6.45, 7) is 2.47. The van der Waals surface area contributed by atoms with Crippen LogP contribution < -0.4 is 10.6 Å². The topological polar surface area (TPSA) is 59.2 Å². The van der Waals surface area contributed by atoms with Crippen molar-refractivity contribution >= 4 is 17.3 Å². The normalized spacial score (nSPS) is 14.7. The molecule has 1 aliphatic rings. The molecule has 3 rings (SSSR count). The summed E-state index contributed by atoms with van der Waals surface area (Å²) in [5.74, 6) is 0.154. The lowest BCUT2D eigenvalue weighted by Crippen LogP contribution is -2.30. The molecule has 21 heavy (non-hydrogen) atoms. The van der Waals surface area contributed by atoms with E-state index in [0.29, 0.717) is 13.0 Å². The van der Waals surface area contributed by atoms with Gasteiger partial charge in [-0.3, -0.25) is 9.78 Å². The Kier molecular flexibility index (Phi) is 3.60. The minimum absolute atomic E-state index is 0.154. The summed E-state index contributed by atoms with van der Waals surface area (Å²) in [6, 6.07) is 11.7. The Hall–Kier alpha value is -2.36. The summed E-state index contributed by atoms with van der Waals surface area (Å²) in [5.41, 5.74) is 10.6. The third-order valence-corrected chi connectivity index (χ3v) is 3.80. The monoisotopic (exact) mass is 281 g/mol. The second-order valence-electron chi connectivity index (χ2n) is 5.49. The summed E-state index contributed by atoms with van der Waals surface area (Å²) in [4.78, 5) is 18.8. The fraction of sp³-hybridized carbons (Fsp3) is 0.294. The Morgan fingerprint density at radius 2 is 2.10 bits per heavy atom. The third-order valence-electron chi connectivity index (χ3n) is 3.80. The van der Waals surface area contributed by atoms with Gasteiger partial charge in [0.2, 0.25) is 5.91 Å². The number of fused-ring (bicyclic) bond motifs is 1. The molecule has 0 aliphatic carbocycles. The van der Waals surface area contributed by atoms with Crippen LogP contribution >= 0.6 is 0 Å². The standard InChI is InChI=1S/C17H19N3O/c1-12-4-2-6-15(19-12)11-20-16-9-8-14(18)10-13(16)5-3-7-17(20)21/h2,4,6,8-10H,3,5,7,11,18H2,1H3. The van der Waals surface area contributed by atoms with Crippen molar-refractivity contribution in [3.63, 3.8) is 0 Å². The van der Waals surface area contributed by atoms with Gasteiger partial charge in [-0.25, -0.2) is 0 Å². The van der Waals surface area contributed by atoms with E-state index in [-0.39, 0.29) is 5.91 Å². The molecular weight excluding hydrogens is 262 g/mol. The van der Waals surface area contributed by atoms with Gasteiger partial charge >= 0.3 is 0 Å². The minimum Gasteiger partial charge on any atom is -0.399 e. The second-order valence-corrected chi connectivity index (χ2v) is 5.49. The number of nitrogens with zero attached hydrogens (tertiary/aromatic N) is 2. The molecule has 1 aromatic heterocycles. The van der Waals surface area contributed by atoms with Crippen molar-refractivity contribution in [2.75, 3.05) is 10.6 Å². The number of aromatic nitrogens is 1. The van der Waals surface area contributed by atoms with Crippen LogP contribution in [0.1, 0.15) is 29.8 Å². The first-order valence-electron chi connectivity index (χ1n) is 7.25. The van der Waals surface area contributed by atoms with Gasteiger partial charge in [0.25, 0.3) is 0 Å². The van der Waals surface area contributed by atoms with E-state index in [4.69, 9.17) is 5.73 Å². The van der Waals surface area contributed by atoms with E-state index in [9.17, 15) is 4.79 Å². The van der Waals surface area contributed by atoms with Crippen LogP contribution in [0.25, 0.3) is 0 Å². The average Bonchev–Trinajstić information content (AvgIpc) is 2.59. The highest BCUT2D eigenvalue weighted by molar-refractivity contribution is 5.95. The van der Waals surface area contributed by atoms with Crippen molar-refractivity contribution in [3.05, 3.63) is 53.3 Å². The van der Waals surface area contributed by atoms with Crippen LogP contribution in [0.2, 0.25) is 0 Å². The number of benzene rings is 1. The van der Waals surface area contributed by atoms with Gasteiger partial charge in [0, 0.05) is 23.5 Å². The molecule has 0 bridgehead atoms. The number of hydrogen-bond acceptors (Lipinski definition) is 3. The number of pyridine rings is 1. The molecule has 2 aromatic rings. The maximum absolute atomic E-state index is 12.4. The van der Waals surface area contributed by atoms with Crippen LogP contribution in [-0.2, 0) is 17.8 Å². The lowest BCUT2D eigenvalue weighted by atomic mass is 10.1. The summed E-state index contributed by atoms with van der Waals surface area (Å²) in [5, 5.41) is 0. The van der Waals surface area contributed by atoms with Gasteiger partial charge < -0.3 is 10.6 Å². The minimum atomic E-state index is 0.154. The summed E-state index contributed by atoms with van der Waals surface area (Å²) < 4.78 is 0. The van der Waals surface area contributed by atoms with Crippen LogP contribution in [0.15, 0.2) is 36.4 Å². The number of aryl methyl sites for hydroxylation is 2. The van der Waals surface area contributed by atoms with Crippen molar-refractivity contribution in [1.82, 2.24) is 4.98 Å². The maximum atomic E-state index is 12.4. The first-order chi connectivity index (χ1) is 10.1. The van der Waals surface area contributed by atoms with Gasteiger partial charge in [-0.15, -0.1) is 0 Å². The number of carbonyl (C=O) groups excluding carboxylic acids is 1. The Balaban J connectivity index is 1.98. The maximum Gasteiger partial charge on any atom is 0.227 e. The van der Waals surface area contributed by atoms with Gasteiger partial charge in [0.15, 0.2) is 0 Å². The molecule has 0 atom stereocenters. The lowest BCUT2D eigenvalue weighted by molar-refractivity contribution is -0.118. The van der Waals surface area contributed by atoms with Crippen molar-refractivity contribution in [2.24, 2.45) is 0 Å². The number of nitrogen functional groups attached to an aromatic ring is 1. The molecule has 2 N–H and O–H groups in total. The predicted molar refractivity (Wildman–Crippen MR) is 84.0 cm³/mol. The smallest absolute Gasteiger partial charge is 0.227 e. The fourth-order valence-electron chi connectivity index (χ4n) is 2.79. The quantitative estimate of drug-likeness (QED) is 0.861. The van der Waals surface area contributed by atoms with E-state index in [1.807, 2.05) is 48.2 Å². The molecule has 0 spiro atoms. The van der Waals surface area contributed by atoms with E-state index >= 15 is 0 Å². The Morgan fingerprint density at radius 1 is 1.24 bits per heavy atom. The molecule has 1 aromatic carbocycles. The van der Waals surface area contributed by atoms with Crippen LogP contribution in [0.4, 0.5) is 11.4 Å². The number of hydrogen-bond donors (Lipinski definition) is 1. The molecule has 0 unspecified atom stereocenters. The summed E-state index contributed by atoms with van der Waals surface area (Å²) in [7, 11) is 0. The first-order valence-corrected chi connectivity index (χ1v) is 7.25. The average molecular weight is 281 g/mol. The van der Waals surface area contributed by atoms with E-state index < -0.39 is 0 Å². The molecule has 2 heterocycles. The van der Waals surface area contributed by atoms with Crippen molar-refractivity contribution in [2.45, 2.75) is 32.7 Å². The van der Waals surface area contributed by atoms with E-state index in [2.05, 4.69) is 4.98 Å². The highest BCUT2D eigenvalue weighted by Crippen LogP contribution is 2.29. The molecule has 108 valence electrons. The zero-order chi connectivity index (χ0) is 14.8. The number of nitrogens with two attached hydrogens (primary N) is 1. The Labute approximate surface area is 124 Å². The van der Waals surface area contributed by atoms with Gasteiger partial charge in [-0.2, -0.15) is 0 Å². The molecule has 0 saturated carbocycles. The molecule has 0 radical (unpaired) electrons. The largest absolute Gasteiger partial charge is 0.399 e. The predicted octanol–water partition coefficient (Wildman–Crippen LogP) is 2.84. The Bertz CT molecular complexity index is 681. The van der Waals surface area contributed by atoms with Gasteiger partial charge in [-0.05, 0) is 55.7 Å². The number of carbonyl (C=O) groups is 1. The highest BCUT2D eigenvalue weighted by atomic mass is 16.2. The summed E-state index contributed by atoms with van der Waals surface area (Å²) >= 11 is 0. The second kappa shape index (κ2) is 5.56. The SMILES string of the molecule is Cc1cccc(CN2C(=O)CCCc3cc(N)ccc32)n1. The molecule has 1 amide bonds. The molecule has 0 fully saturated rings. The molecule has 4 nitrogen and oxygen atoms in total. The number of rotatable bonds is 2. The molecule has 4 heteroatoms. The van der Waals surface area contributed by atoms with Crippen LogP contribution in [0, 0.1) is 6.92 Å². The zero-order valence-corrected chi connectivity index (χ0v) is 12.2. The highest BCUT2D eigenvalue weighted by Gasteiger charge is 2.22.